The van der Waals surface area contributed by atoms with Crippen molar-refractivity contribution in [3.05, 3.63) is 95.3 Å². The standard InChI is InChI=1S/C21H11Cl2N5O4S/c22-14-6-12(28-21(31)25-17(29)9-24-28)7-15(23)19(14)32-18-8-13(20(30)27-26-18)10-1-2-16-11(5-10)3-4-33-16/h1-9H,(H,27,30)(H,25,29,31). The molecule has 164 valence electrons. The summed E-state index contributed by atoms with van der Waals surface area (Å²) in [5, 5.41) is 13.2. The van der Waals surface area contributed by atoms with Crippen LogP contribution in [-0.2, 0) is 0 Å². The number of hydrogen-bond donors (Lipinski definition) is 2. The van der Waals surface area contributed by atoms with E-state index in [0.717, 1.165) is 21.0 Å². The molecule has 5 aromatic rings. The van der Waals surface area contributed by atoms with Crippen LogP contribution in [0.4, 0.5) is 0 Å². The highest BCUT2D eigenvalue weighted by atomic mass is 35.5. The highest BCUT2D eigenvalue weighted by Crippen LogP contribution is 2.38. The van der Waals surface area contributed by atoms with Crippen LogP contribution < -0.4 is 21.5 Å². The lowest BCUT2D eigenvalue weighted by molar-refractivity contribution is 0.455. The fraction of sp³-hybridized carbons (Fsp3) is 0. The molecule has 5 rings (SSSR count). The van der Waals surface area contributed by atoms with Gasteiger partial charge >= 0.3 is 5.69 Å². The van der Waals surface area contributed by atoms with E-state index in [0.29, 0.717) is 11.1 Å². The van der Waals surface area contributed by atoms with Gasteiger partial charge in [0.1, 0.15) is 6.20 Å². The molecule has 0 aliphatic rings. The quantitative estimate of drug-likeness (QED) is 0.385. The van der Waals surface area contributed by atoms with E-state index < -0.39 is 11.2 Å². The molecule has 3 heterocycles. The van der Waals surface area contributed by atoms with Crippen molar-refractivity contribution < 1.29 is 4.74 Å². The Balaban J connectivity index is 1.51. The molecule has 3 aromatic heterocycles. The third kappa shape index (κ3) is 4.07. The normalized spacial score (nSPS) is 11.1. The average Bonchev–Trinajstić information content (AvgIpc) is 3.25. The Labute approximate surface area is 197 Å². The Morgan fingerprint density at radius 2 is 1.79 bits per heavy atom. The fourth-order valence-electron chi connectivity index (χ4n) is 3.20. The van der Waals surface area contributed by atoms with Gasteiger partial charge in [-0.05, 0) is 46.7 Å². The van der Waals surface area contributed by atoms with E-state index in [2.05, 4.69) is 20.3 Å². The van der Waals surface area contributed by atoms with Gasteiger partial charge < -0.3 is 4.74 Å². The number of H-pyrrole nitrogens is 2. The molecule has 0 aliphatic heterocycles. The SMILES string of the molecule is O=c1cnn(-c2cc(Cl)c(Oc3cc(-c4ccc5sccc5c4)c(=O)[nH]n3)c(Cl)c2)c(=O)[nH]1. The summed E-state index contributed by atoms with van der Waals surface area (Å²) >= 11 is 14.3. The summed E-state index contributed by atoms with van der Waals surface area (Å²) in [6, 6.07) is 11.9. The topological polar surface area (TPSA) is 123 Å². The van der Waals surface area contributed by atoms with Gasteiger partial charge in [0.15, 0.2) is 5.75 Å². The zero-order chi connectivity index (χ0) is 23.1. The molecule has 0 saturated carbocycles. The first-order valence-corrected chi connectivity index (χ1v) is 11.0. The maximum atomic E-state index is 12.4. The number of hydrogen-bond acceptors (Lipinski definition) is 7. The molecule has 33 heavy (non-hydrogen) atoms. The predicted octanol–water partition coefficient (Wildman–Crippen LogP) is 3.98. The summed E-state index contributed by atoms with van der Waals surface area (Å²) in [5.74, 6) is 0.129. The summed E-state index contributed by atoms with van der Waals surface area (Å²) in [4.78, 5) is 37.7. The molecule has 0 unspecified atom stereocenters. The second-order valence-corrected chi connectivity index (χ2v) is 8.58. The fourth-order valence-corrected chi connectivity index (χ4v) is 4.52. The van der Waals surface area contributed by atoms with Crippen LogP contribution in [0.2, 0.25) is 10.0 Å². The van der Waals surface area contributed by atoms with Gasteiger partial charge in [0, 0.05) is 10.8 Å². The van der Waals surface area contributed by atoms with Gasteiger partial charge in [-0.25, -0.2) is 9.89 Å². The Bertz CT molecular complexity index is 1680. The minimum Gasteiger partial charge on any atom is -0.434 e. The van der Waals surface area contributed by atoms with Crippen LogP contribution in [0.3, 0.4) is 0 Å². The van der Waals surface area contributed by atoms with Gasteiger partial charge in [0.05, 0.1) is 21.3 Å². The molecule has 2 aromatic carbocycles. The highest BCUT2D eigenvalue weighted by Gasteiger charge is 2.16. The van der Waals surface area contributed by atoms with Gasteiger partial charge in [-0.15, -0.1) is 16.4 Å². The van der Waals surface area contributed by atoms with E-state index in [4.69, 9.17) is 27.9 Å². The van der Waals surface area contributed by atoms with Crippen molar-refractivity contribution >= 4 is 44.6 Å². The molecular formula is C21H11Cl2N5O4S. The number of fused-ring (bicyclic) bond motifs is 1. The lowest BCUT2D eigenvalue weighted by atomic mass is 10.1. The van der Waals surface area contributed by atoms with Gasteiger partial charge in [0.25, 0.3) is 11.1 Å². The molecule has 0 fully saturated rings. The average molecular weight is 500 g/mol. The largest absolute Gasteiger partial charge is 0.434 e. The number of ether oxygens (including phenoxy) is 1. The lowest BCUT2D eigenvalue weighted by Gasteiger charge is -2.12. The van der Waals surface area contributed by atoms with Crippen LogP contribution in [0.25, 0.3) is 26.9 Å². The van der Waals surface area contributed by atoms with E-state index in [9.17, 15) is 14.4 Å². The second-order valence-electron chi connectivity index (χ2n) is 6.81. The third-order valence-electron chi connectivity index (χ3n) is 4.69. The van der Waals surface area contributed by atoms with Crippen molar-refractivity contribution in [2.45, 2.75) is 0 Å². The van der Waals surface area contributed by atoms with Gasteiger partial charge in [0.2, 0.25) is 5.88 Å². The number of halogens is 2. The van der Waals surface area contributed by atoms with Crippen LogP contribution in [0.5, 0.6) is 11.6 Å². The first-order chi connectivity index (χ1) is 15.9. The summed E-state index contributed by atoms with van der Waals surface area (Å²) in [5.41, 5.74) is -0.485. The molecule has 12 heteroatoms. The molecular weight excluding hydrogens is 489 g/mol. The van der Waals surface area contributed by atoms with Crippen molar-refractivity contribution in [2.75, 3.05) is 0 Å². The highest BCUT2D eigenvalue weighted by molar-refractivity contribution is 7.17. The summed E-state index contributed by atoms with van der Waals surface area (Å²) in [6.45, 7) is 0. The molecule has 0 amide bonds. The van der Waals surface area contributed by atoms with Crippen LogP contribution >= 0.6 is 34.5 Å². The summed E-state index contributed by atoms with van der Waals surface area (Å²) in [7, 11) is 0. The first kappa shape index (κ1) is 21.1. The number of aromatic amines is 2. The second kappa shape index (κ2) is 8.32. The van der Waals surface area contributed by atoms with Crippen molar-refractivity contribution in [3.63, 3.8) is 0 Å². The monoisotopic (exact) mass is 499 g/mol. The first-order valence-electron chi connectivity index (χ1n) is 9.32. The van der Waals surface area contributed by atoms with E-state index in [-0.39, 0.29) is 32.9 Å². The number of benzene rings is 2. The maximum absolute atomic E-state index is 12.4. The number of thiophene rings is 1. The van der Waals surface area contributed by atoms with E-state index in [1.54, 1.807) is 11.3 Å². The van der Waals surface area contributed by atoms with E-state index in [1.807, 2.05) is 29.6 Å². The van der Waals surface area contributed by atoms with E-state index in [1.165, 1.54) is 18.2 Å². The van der Waals surface area contributed by atoms with Crippen LogP contribution in [0.15, 0.2) is 68.4 Å². The Morgan fingerprint density at radius 1 is 1.00 bits per heavy atom. The van der Waals surface area contributed by atoms with Gasteiger partial charge in [-0.1, -0.05) is 29.3 Å². The maximum Gasteiger partial charge on any atom is 0.349 e. The molecule has 0 saturated heterocycles. The molecule has 0 aliphatic carbocycles. The smallest absolute Gasteiger partial charge is 0.349 e. The minimum atomic E-state index is -0.752. The molecule has 2 N–H and O–H groups in total. The van der Waals surface area contributed by atoms with Crippen molar-refractivity contribution in [2.24, 2.45) is 0 Å². The van der Waals surface area contributed by atoms with Crippen molar-refractivity contribution in [1.29, 1.82) is 0 Å². The minimum absolute atomic E-state index is 0.0610. The van der Waals surface area contributed by atoms with Gasteiger partial charge in [-0.3, -0.25) is 14.6 Å². The molecule has 0 atom stereocenters. The van der Waals surface area contributed by atoms with Crippen LogP contribution in [0.1, 0.15) is 0 Å². The number of nitrogens with zero attached hydrogens (tertiary/aromatic N) is 3. The number of aromatic nitrogens is 5. The number of nitrogens with one attached hydrogen (secondary N) is 2. The predicted molar refractivity (Wildman–Crippen MR) is 126 cm³/mol. The Hall–Kier alpha value is -3.73. The lowest BCUT2D eigenvalue weighted by Crippen LogP contribution is -2.30. The van der Waals surface area contributed by atoms with E-state index >= 15 is 0 Å². The third-order valence-corrected chi connectivity index (χ3v) is 6.15. The Kier molecular flexibility index (Phi) is 5.33. The zero-order valence-electron chi connectivity index (χ0n) is 16.3. The van der Waals surface area contributed by atoms with Gasteiger partial charge in [-0.2, -0.15) is 9.78 Å². The number of rotatable bonds is 4. The molecule has 9 nitrogen and oxygen atoms in total. The summed E-state index contributed by atoms with van der Waals surface area (Å²) in [6.07, 6.45) is 0.951. The van der Waals surface area contributed by atoms with Crippen molar-refractivity contribution in [3.8, 4) is 28.4 Å². The molecule has 0 bridgehead atoms. The summed E-state index contributed by atoms with van der Waals surface area (Å²) < 4.78 is 7.80. The van der Waals surface area contributed by atoms with Crippen molar-refractivity contribution in [1.82, 2.24) is 25.0 Å². The van der Waals surface area contributed by atoms with Crippen LogP contribution in [0, 0.1) is 0 Å². The van der Waals surface area contributed by atoms with Crippen LogP contribution in [-0.4, -0.2) is 25.0 Å². The zero-order valence-corrected chi connectivity index (χ0v) is 18.7. The molecule has 0 spiro atoms. The molecule has 0 radical (unpaired) electrons. The Morgan fingerprint density at radius 3 is 2.55 bits per heavy atom.